The molecule has 0 saturated heterocycles. The summed E-state index contributed by atoms with van der Waals surface area (Å²) in [6.07, 6.45) is 1.53. The number of sulfonamides is 2. The second-order valence-electron chi connectivity index (χ2n) is 1.80. The molecule has 0 rings (SSSR count). The largest absolute Gasteiger partial charge is 1.00 e. The van der Waals surface area contributed by atoms with E-state index in [0.717, 1.165) is 12.5 Å². The molecule has 8 heteroatoms. The van der Waals surface area contributed by atoms with Gasteiger partial charge in [0, 0.05) is 0 Å². The highest BCUT2D eigenvalue weighted by atomic mass is 127. The summed E-state index contributed by atoms with van der Waals surface area (Å²) in [7, 11) is -7.45. The molecule has 0 radical (unpaired) electrons. The molecule has 0 amide bonds. The Labute approximate surface area is 83.2 Å². The molecule has 0 aromatic heterocycles. The van der Waals surface area contributed by atoms with Crippen molar-refractivity contribution in [2.24, 2.45) is 0 Å². The van der Waals surface area contributed by atoms with Gasteiger partial charge in [0.25, 0.3) is 0 Å². The molecule has 0 aliphatic rings. The van der Waals surface area contributed by atoms with E-state index < -0.39 is 20.0 Å². The summed E-state index contributed by atoms with van der Waals surface area (Å²) < 4.78 is 41.9. The van der Waals surface area contributed by atoms with Gasteiger partial charge in [0.2, 0.25) is 0 Å². The van der Waals surface area contributed by atoms with Gasteiger partial charge in [-0.1, -0.05) is 0 Å². The zero-order valence-corrected chi connectivity index (χ0v) is 9.77. The van der Waals surface area contributed by atoms with Gasteiger partial charge in [-0.15, -0.1) is 0 Å². The molecule has 0 aromatic carbocycles. The van der Waals surface area contributed by atoms with E-state index in [1.807, 2.05) is 0 Å². The van der Waals surface area contributed by atoms with E-state index in [1.54, 1.807) is 0 Å². The van der Waals surface area contributed by atoms with Crippen molar-refractivity contribution in [3.63, 3.8) is 0 Å². The second kappa shape index (κ2) is 3.81. The summed E-state index contributed by atoms with van der Waals surface area (Å²) in [6, 6.07) is 0. The van der Waals surface area contributed by atoms with Gasteiger partial charge >= 0.3 is 20.0 Å². The summed E-state index contributed by atoms with van der Waals surface area (Å²) in [5.41, 5.74) is 0. The van der Waals surface area contributed by atoms with Crippen LogP contribution in [0.2, 0.25) is 0 Å². The van der Waals surface area contributed by atoms with Gasteiger partial charge in [-0.05, 0) is 3.39 Å². The molecule has 0 N–H and O–H groups in total. The van der Waals surface area contributed by atoms with Crippen molar-refractivity contribution in [1.29, 1.82) is 0 Å². The van der Waals surface area contributed by atoms with E-state index in [4.69, 9.17) is 0 Å². The first-order valence-corrected chi connectivity index (χ1v) is 5.86. The average Bonchev–Trinajstić information content (AvgIpc) is 1.59. The molecule has 0 atom stereocenters. The van der Waals surface area contributed by atoms with E-state index in [9.17, 15) is 16.8 Å². The van der Waals surface area contributed by atoms with E-state index in [2.05, 4.69) is 6.72 Å². The van der Waals surface area contributed by atoms with Gasteiger partial charge in [0.15, 0.2) is 6.72 Å². The Bertz CT molecular complexity index is 306. The lowest BCUT2D eigenvalue weighted by Gasteiger charge is -1.90. The van der Waals surface area contributed by atoms with E-state index >= 15 is 0 Å². The number of rotatable bonds is 2. The van der Waals surface area contributed by atoms with Crippen LogP contribution >= 0.6 is 0 Å². The van der Waals surface area contributed by atoms with Crippen LogP contribution in [0.1, 0.15) is 0 Å². The van der Waals surface area contributed by atoms with Crippen molar-refractivity contribution in [1.82, 2.24) is 0 Å². The van der Waals surface area contributed by atoms with Crippen LogP contribution in [0.3, 0.4) is 0 Å². The summed E-state index contributed by atoms with van der Waals surface area (Å²) in [5, 5.41) is 0. The van der Waals surface area contributed by atoms with Gasteiger partial charge in [-0.2, -0.15) is 16.8 Å². The van der Waals surface area contributed by atoms with Gasteiger partial charge in [-0.25, -0.2) is 0 Å². The van der Waals surface area contributed by atoms with Gasteiger partial charge < -0.3 is 24.0 Å². The zero-order valence-electron chi connectivity index (χ0n) is 5.98. The summed E-state index contributed by atoms with van der Waals surface area (Å²) >= 11 is 0. The minimum Gasteiger partial charge on any atom is -1.00 e. The predicted octanol–water partition coefficient (Wildman–Crippen LogP) is -4.38. The fourth-order valence-electron chi connectivity index (χ4n) is 0.246. The smallest absolute Gasteiger partial charge is 0.377 e. The monoisotopic (exact) mass is 313 g/mol. The number of halogens is 1. The van der Waals surface area contributed by atoms with Crippen LogP contribution in [0, 0.1) is 0 Å². The normalized spacial score (nSPS) is 11.8. The number of nitrogens with zero attached hydrogens (tertiary/aromatic N) is 1. The lowest BCUT2D eigenvalue weighted by Crippen LogP contribution is -3.00. The molecular weight excluding hydrogens is 305 g/mol. The van der Waals surface area contributed by atoms with Crippen LogP contribution in [0.4, 0.5) is 0 Å². The third-order valence-electron chi connectivity index (χ3n) is 0.740. The minimum atomic E-state index is -3.73. The molecule has 0 aliphatic heterocycles. The SMILES string of the molecule is C=[N+](S(C)(=O)=O)S(C)(=O)=O.[I-]. The van der Waals surface area contributed by atoms with Crippen molar-refractivity contribution in [2.75, 3.05) is 12.5 Å². The zero-order chi connectivity index (χ0) is 8.58. The molecule has 0 fully saturated rings. The predicted molar refractivity (Wildman–Crippen MR) is 37.1 cm³/mol. The molecular formula is C3H8INO4S2. The lowest BCUT2D eigenvalue weighted by atomic mass is 11.8. The highest BCUT2D eigenvalue weighted by Gasteiger charge is 2.25. The standard InChI is InChI=1S/C3H8NO4S2.HI/c1-4(9(2,5)6)10(3,7)8;/h1H2,2-3H3;1H/q+1;/p-1. The Hall–Kier alpha value is 0.300. The van der Waals surface area contributed by atoms with Crippen LogP contribution in [-0.2, 0) is 20.0 Å². The minimum absolute atomic E-state index is 0. The van der Waals surface area contributed by atoms with Gasteiger partial charge in [-0.3, -0.25) is 0 Å². The Balaban J connectivity index is 0. The highest BCUT2D eigenvalue weighted by Crippen LogP contribution is 1.91. The molecule has 5 nitrogen and oxygen atoms in total. The quantitative estimate of drug-likeness (QED) is 0.293. The third kappa shape index (κ3) is 4.69. The first-order chi connectivity index (χ1) is 4.15. The van der Waals surface area contributed by atoms with Crippen molar-refractivity contribution < 1.29 is 44.2 Å². The first kappa shape index (κ1) is 13.9. The Morgan fingerprint density at radius 3 is 1.18 bits per heavy atom. The maximum absolute atomic E-state index is 10.5. The fourth-order valence-corrected chi connectivity index (χ4v) is 2.21. The molecule has 68 valence electrons. The van der Waals surface area contributed by atoms with Crippen LogP contribution < -0.4 is 24.0 Å². The van der Waals surface area contributed by atoms with Crippen molar-refractivity contribution in [2.45, 2.75) is 0 Å². The van der Waals surface area contributed by atoms with Crippen LogP contribution in [-0.4, -0.2) is 39.5 Å². The lowest BCUT2D eigenvalue weighted by molar-refractivity contribution is -0.162. The van der Waals surface area contributed by atoms with Crippen LogP contribution in [0.5, 0.6) is 0 Å². The molecule has 0 aliphatic carbocycles. The van der Waals surface area contributed by atoms with Crippen molar-refractivity contribution in [3.05, 3.63) is 0 Å². The van der Waals surface area contributed by atoms with Crippen LogP contribution in [0.15, 0.2) is 0 Å². The van der Waals surface area contributed by atoms with E-state index in [1.165, 1.54) is 0 Å². The molecule has 11 heavy (non-hydrogen) atoms. The molecule has 0 heterocycles. The number of hydrogen-bond acceptors (Lipinski definition) is 4. The first-order valence-electron chi connectivity index (χ1n) is 2.16. The molecule has 0 spiro atoms. The highest BCUT2D eigenvalue weighted by molar-refractivity contribution is 7.96. The maximum Gasteiger partial charge on any atom is 0.377 e. The van der Waals surface area contributed by atoms with E-state index in [0.29, 0.717) is 0 Å². The Morgan fingerprint density at radius 2 is 1.18 bits per heavy atom. The van der Waals surface area contributed by atoms with Crippen LogP contribution in [0.25, 0.3) is 0 Å². The second-order valence-corrected chi connectivity index (χ2v) is 5.84. The summed E-state index contributed by atoms with van der Waals surface area (Å²) in [4.78, 5) is 0. The average molecular weight is 313 g/mol. The summed E-state index contributed by atoms with van der Waals surface area (Å²) in [5.74, 6) is 0. The maximum atomic E-state index is 10.5. The topological polar surface area (TPSA) is 71.3 Å². The third-order valence-corrected chi connectivity index (χ3v) is 3.84. The Kier molecular flexibility index (Phi) is 4.80. The molecule has 0 bridgehead atoms. The van der Waals surface area contributed by atoms with Gasteiger partial charge in [0.05, 0.1) is 0 Å². The van der Waals surface area contributed by atoms with Gasteiger partial charge in [0.1, 0.15) is 12.5 Å². The van der Waals surface area contributed by atoms with Crippen molar-refractivity contribution >= 4 is 26.8 Å². The molecule has 0 saturated carbocycles. The van der Waals surface area contributed by atoms with Crippen molar-refractivity contribution in [3.8, 4) is 0 Å². The molecule has 0 unspecified atom stereocenters. The fraction of sp³-hybridized carbons (Fsp3) is 0.667. The summed E-state index contributed by atoms with van der Waals surface area (Å²) in [6.45, 7) is 2.84. The number of hydrogen-bond donors (Lipinski definition) is 0. The van der Waals surface area contributed by atoms with E-state index in [-0.39, 0.29) is 27.4 Å². The molecule has 0 aromatic rings. The Morgan fingerprint density at radius 1 is 1.00 bits per heavy atom.